The summed E-state index contributed by atoms with van der Waals surface area (Å²) in [5.41, 5.74) is 0. The van der Waals surface area contributed by atoms with Crippen molar-refractivity contribution in [1.29, 1.82) is 0 Å². The fraction of sp³-hybridized carbons (Fsp3) is 0.905. The standard InChI is InChI=1S/C21H40O8/c1-2-3-4-5-8-11-25-12-13-26-14-15-27-16-17-28-18-19-29-21(24)10-7-6-9-20(22)23/h2-19H2,1H3,(H,22,23). The van der Waals surface area contributed by atoms with Crippen molar-refractivity contribution in [2.24, 2.45) is 0 Å². The van der Waals surface area contributed by atoms with Crippen molar-refractivity contribution >= 4 is 11.9 Å². The zero-order chi connectivity index (χ0) is 21.4. The first-order valence-corrected chi connectivity index (χ1v) is 10.8. The van der Waals surface area contributed by atoms with Gasteiger partial charge in [0.25, 0.3) is 0 Å². The number of esters is 1. The van der Waals surface area contributed by atoms with Crippen molar-refractivity contribution in [3.63, 3.8) is 0 Å². The van der Waals surface area contributed by atoms with Gasteiger partial charge in [0.2, 0.25) is 0 Å². The second-order valence-electron chi connectivity index (χ2n) is 6.69. The summed E-state index contributed by atoms with van der Waals surface area (Å²) in [5, 5.41) is 8.50. The molecule has 0 aromatic heterocycles. The van der Waals surface area contributed by atoms with Crippen LogP contribution in [0.25, 0.3) is 0 Å². The Kier molecular flexibility index (Phi) is 22.1. The number of ether oxygens (including phenoxy) is 5. The van der Waals surface area contributed by atoms with E-state index in [-0.39, 0.29) is 25.4 Å². The Bertz CT molecular complexity index is 376. The number of carboxylic acid groups (broad SMARTS) is 1. The van der Waals surface area contributed by atoms with E-state index in [1.165, 1.54) is 25.7 Å². The van der Waals surface area contributed by atoms with Gasteiger partial charge in [-0.25, -0.2) is 0 Å². The van der Waals surface area contributed by atoms with Crippen LogP contribution in [-0.2, 0) is 33.3 Å². The van der Waals surface area contributed by atoms with Crippen molar-refractivity contribution in [3.8, 4) is 0 Å². The van der Waals surface area contributed by atoms with Crippen molar-refractivity contribution in [3.05, 3.63) is 0 Å². The quantitative estimate of drug-likeness (QED) is 0.199. The van der Waals surface area contributed by atoms with Gasteiger partial charge < -0.3 is 28.8 Å². The Morgan fingerprint density at radius 2 is 1.07 bits per heavy atom. The molecular formula is C21H40O8. The maximum absolute atomic E-state index is 11.4. The Morgan fingerprint density at radius 1 is 0.586 bits per heavy atom. The Morgan fingerprint density at radius 3 is 1.62 bits per heavy atom. The minimum absolute atomic E-state index is 0.0778. The molecule has 0 aliphatic heterocycles. The molecule has 0 spiro atoms. The summed E-state index contributed by atoms with van der Waals surface area (Å²) in [5.74, 6) is -1.18. The normalized spacial score (nSPS) is 10.9. The average Bonchev–Trinajstić information content (AvgIpc) is 2.70. The van der Waals surface area contributed by atoms with Gasteiger partial charge in [-0.2, -0.15) is 0 Å². The van der Waals surface area contributed by atoms with Gasteiger partial charge in [0.1, 0.15) is 6.61 Å². The molecule has 8 heteroatoms. The van der Waals surface area contributed by atoms with Gasteiger partial charge in [-0.3, -0.25) is 9.59 Å². The predicted molar refractivity (Wildman–Crippen MR) is 109 cm³/mol. The summed E-state index contributed by atoms with van der Waals surface area (Å²) in [4.78, 5) is 21.7. The van der Waals surface area contributed by atoms with Crippen LogP contribution in [0.1, 0.15) is 64.7 Å². The van der Waals surface area contributed by atoms with E-state index in [1.54, 1.807) is 0 Å². The SMILES string of the molecule is CCCCCCCOCCOCCOCCOCCOC(=O)CCCCC(=O)O. The van der Waals surface area contributed by atoms with E-state index < -0.39 is 5.97 Å². The highest BCUT2D eigenvalue weighted by Crippen LogP contribution is 2.02. The molecule has 0 atom stereocenters. The van der Waals surface area contributed by atoms with Gasteiger partial charge in [-0.1, -0.05) is 32.6 Å². The Hall–Kier alpha value is -1.22. The van der Waals surface area contributed by atoms with Crippen molar-refractivity contribution in [2.45, 2.75) is 64.7 Å². The van der Waals surface area contributed by atoms with Gasteiger partial charge in [-0.15, -0.1) is 0 Å². The van der Waals surface area contributed by atoms with Gasteiger partial charge >= 0.3 is 11.9 Å². The maximum Gasteiger partial charge on any atom is 0.305 e. The third-order valence-corrected chi connectivity index (χ3v) is 4.02. The lowest BCUT2D eigenvalue weighted by Crippen LogP contribution is -2.14. The first-order valence-electron chi connectivity index (χ1n) is 10.8. The fourth-order valence-corrected chi connectivity index (χ4v) is 2.40. The third-order valence-electron chi connectivity index (χ3n) is 4.02. The van der Waals surface area contributed by atoms with Crippen LogP contribution in [0.15, 0.2) is 0 Å². The predicted octanol–water partition coefficient (Wildman–Crippen LogP) is 3.21. The lowest BCUT2D eigenvalue weighted by atomic mass is 10.2. The Balaban J connectivity index is 3.11. The molecule has 172 valence electrons. The van der Waals surface area contributed by atoms with Crippen LogP contribution in [0, 0.1) is 0 Å². The number of hydrogen-bond donors (Lipinski definition) is 1. The molecule has 0 saturated carbocycles. The third kappa shape index (κ3) is 24.7. The average molecular weight is 421 g/mol. The van der Waals surface area contributed by atoms with E-state index >= 15 is 0 Å². The monoisotopic (exact) mass is 420 g/mol. The molecule has 29 heavy (non-hydrogen) atoms. The van der Waals surface area contributed by atoms with Crippen LogP contribution in [0.4, 0.5) is 0 Å². The summed E-state index contributed by atoms with van der Waals surface area (Å²) in [6.45, 7) is 6.65. The van der Waals surface area contributed by atoms with Gasteiger partial charge in [0.15, 0.2) is 0 Å². The molecule has 0 aliphatic rings. The second kappa shape index (κ2) is 23.1. The largest absolute Gasteiger partial charge is 0.481 e. The summed E-state index contributed by atoms with van der Waals surface area (Å²) in [6, 6.07) is 0. The topological polar surface area (TPSA) is 101 Å². The van der Waals surface area contributed by atoms with Crippen LogP contribution in [-0.4, -0.2) is 76.5 Å². The first-order chi connectivity index (χ1) is 14.2. The zero-order valence-corrected chi connectivity index (χ0v) is 18.0. The molecule has 0 radical (unpaired) electrons. The molecule has 0 rings (SSSR count). The summed E-state index contributed by atoms with van der Waals surface area (Å²) < 4.78 is 26.6. The second-order valence-corrected chi connectivity index (χ2v) is 6.69. The van der Waals surface area contributed by atoms with E-state index in [1.807, 2.05) is 0 Å². The molecule has 0 heterocycles. The maximum atomic E-state index is 11.4. The summed E-state index contributed by atoms with van der Waals surface area (Å²) >= 11 is 0. The summed E-state index contributed by atoms with van der Waals surface area (Å²) in [7, 11) is 0. The van der Waals surface area contributed by atoms with Crippen molar-refractivity contribution < 1.29 is 38.4 Å². The number of carbonyl (C=O) groups is 2. The molecule has 0 bridgehead atoms. The van der Waals surface area contributed by atoms with E-state index in [4.69, 9.17) is 28.8 Å². The molecule has 1 N–H and O–H groups in total. The highest BCUT2D eigenvalue weighted by molar-refractivity contribution is 5.69. The van der Waals surface area contributed by atoms with Gasteiger partial charge in [0.05, 0.1) is 46.2 Å². The molecule has 0 aromatic carbocycles. The molecule has 0 aliphatic carbocycles. The Labute approximate surface area is 175 Å². The van der Waals surface area contributed by atoms with Crippen molar-refractivity contribution in [2.75, 3.05) is 59.5 Å². The van der Waals surface area contributed by atoms with Gasteiger partial charge in [-0.05, 0) is 19.3 Å². The summed E-state index contributed by atoms with van der Waals surface area (Å²) in [6.07, 6.45) is 7.53. The molecule has 8 nitrogen and oxygen atoms in total. The van der Waals surface area contributed by atoms with Gasteiger partial charge in [0, 0.05) is 19.4 Å². The lowest BCUT2D eigenvalue weighted by Gasteiger charge is -2.08. The number of unbranched alkanes of at least 4 members (excludes halogenated alkanes) is 5. The first kappa shape index (κ1) is 27.8. The minimum Gasteiger partial charge on any atom is -0.481 e. The number of carboxylic acids is 1. The molecule has 0 unspecified atom stereocenters. The number of carbonyl (C=O) groups excluding carboxylic acids is 1. The number of rotatable bonds is 23. The van der Waals surface area contributed by atoms with Crippen LogP contribution in [0.2, 0.25) is 0 Å². The number of hydrogen-bond acceptors (Lipinski definition) is 7. The minimum atomic E-state index is -0.849. The fourth-order valence-electron chi connectivity index (χ4n) is 2.40. The van der Waals surface area contributed by atoms with E-state index in [0.717, 1.165) is 13.0 Å². The molecule has 0 fully saturated rings. The highest BCUT2D eigenvalue weighted by atomic mass is 16.6. The van der Waals surface area contributed by atoms with Crippen LogP contribution in [0.3, 0.4) is 0 Å². The molecule has 0 amide bonds. The lowest BCUT2D eigenvalue weighted by molar-refractivity contribution is -0.146. The smallest absolute Gasteiger partial charge is 0.305 e. The van der Waals surface area contributed by atoms with E-state index in [9.17, 15) is 9.59 Å². The van der Waals surface area contributed by atoms with Crippen LogP contribution >= 0.6 is 0 Å². The molecule has 0 aromatic rings. The van der Waals surface area contributed by atoms with E-state index in [0.29, 0.717) is 59.1 Å². The zero-order valence-electron chi connectivity index (χ0n) is 18.0. The molecule has 0 saturated heterocycles. The van der Waals surface area contributed by atoms with Crippen LogP contribution < -0.4 is 0 Å². The molecular weight excluding hydrogens is 380 g/mol. The van der Waals surface area contributed by atoms with E-state index in [2.05, 4.69) is 6.92 Å². The number of aliphatic carboxylic acids is 1. The highest BCUT2D eigenvalue weighted by Gasteiger charge is 2.04. The van der Waals surface area contributed by atoms with Crippen LogP contribution in [0.5, 0.6) is 0 Å². The van der Waals surface area contributed by atoms with Crippen molar-refractivity contribution in [1.82, 2.24) is 0 Å².